The van der Waals surface area contributed by atoms with Crippen LogP contribution in [-0.4, -0.2) is 57.1 Å². The van der Waals surface area contributed by atoms with Crippen LogP contribution in [0.4, 0.5) is 0 Å². The summed E-state index contributed by atoms with van der Waals surface area (Å²) >= 11 is 0. The van der Waals surface area contributed by atoms with E-state index in [2.05, 4.69) is 0 Å². The molecule has 1 aromatic heterocycles. The maximum absolute atomic E-state index is 8.81. The summed E-state index contributed by atoms with van der Waals surface area (Å²) in [6, 6.07) is 5.92. The van der Waals surface area contributed by atoms with Crippen molar-refractivity contribution in [1.82, 2.24) is 4.90 Å². The molecule has 0 atom stereocenters. The second-order valence-electron chi connectivity index (χ2n) is 5.01. The van der Waals surface area contributed by atoms with Crippen molar-refractivity contribution >= 4 is 23.4 Å². The van der Waals surface area contributed by atoms with E-state index in [4.69, 9.17) is 19.0 Å². The Hall–Kier alpha value is -1.27. The summed E-state index contributed by atoms with van der Waals surface area (Å²) in [6.07, 6.45) is 2.46. The molecule has 2 aromatic rings. The first-order valence-electron chi connectivity index (χ1n) is 7.16. The fourth-order valence-corrected chi connectivity index (χ4v) is 2.20. The van der Waals surface area contributed by atoms with Gasteiger partial charge in [0.2, 0.25) is 0 Å². The largest absolute Gasteiger partial charge is 0.496 e. The SMILES string of the molecule is COc1cc2ccoc2cc1CCOCCN(C)CCO.Cl. The van der Waals surface area contributed by atoms with Crippen molar-refractivity contribution in [2.45, 2.75) is 6.42 Å². The van der Waals surface area contributed by atoms with Gasteiger partial charge in [-0.2, -0.15) is 0 Å². The lowest BCUT2D eigenvalue weighted by molar-refractivity contribution is 0.107. The Morgan fingerprint density at radius 3 is 2.77 bits per heavy atom. The first-order chi connectivity index (χ1) is 10.2. The van der Waals surface area contributed by atoms with Crippen molar-refractivity contribution in [1.29, 1.82) is 0 Å². The number of benzene rings is 1. The average Bonchev–Trinajstić information content (AvgIpc) is 2.93. The summed E-state index contributed by atoms with van der Waals surface area (Å²) in [5.41, 5.74) is 1.96. The van der Waals surface area contributed by atoms with Crippen LogP contribution in [0.15, 0.2) is 28.9 Å². The maximum Gasteiger partial charge on any atom is 0.134 e. The van der Waals surface area contributed by atoms with E-state index in [9.17, 15) is 0 Å². The molecule has 1 heterocycles. The molecular weight excluding hydrogens is 306 g/mol. The standard InChI is InChI=1S/C16H23NO4.ClH/c1-17(5-7-18)6-10-20-8-3-13-12-16-14(4-9-21-16)11-15(13)19-2;/h4,9,11-12,18H,3,5-8,10H2,1-2H3;1H. The number of likely N-dealkylation sites (N-methyl/N-ethyl adjacent to an activating group) is 1. The van der Waals surface area contributed by atoms with Crippen molar-refractivity contribution in [3.63, 3.8) is 0 Å². The predicted octanol–water partition coefficient (Wildman–Crippen LogP) is 2.35. The number of furan rings is 1. The molecule has 0 amide bonds. The highest BCUT2D eigenvalue weighted by molar-refractivity contribution is 5.85. The van der Waals surface area contributed by atoms with Crippen LogP contribution in [0.5, 0.6) is 5.75 Å². The van der Waals surface area contributed by atoms with Gasteiger partial charge in [-0.05, 0) is 31.7 Å². The van der Waals surface area contributed by atoms with Gasteiger partial charge in [0.25, 0.3) is 0 Å². The fraction of sp³-hybridized carbons (Fsp3) is 0.500. The molecule has 0 saturated carbocycles. The third-order valence-electron chi connectivity index (χ3n) is 3.47. The van der Waals surface area contributed by atoms with Crippen molar-refractivity contribution in [3.05, 3.63) is 30.0 Å². The van der Waals surface area contributed by atoms with Crippen molar-refractivity contribution in [3.8, 4) is 5.75 Å². The molecule has 6 heteroatoms. The second kappa shape index (κ2) is 9.69. The minimum atomic E-state index is 0. The van der Waals surface area contributed by atoms with Gasteiger partial charge in [-0.25, -0.2) is 0 Å². The Morgan fingerprint density at radius 1 is 1.23 bits per heavy atom. The number of aliphatic hydroxyl groups is 1. The Balaban J connectivity index is 0.00000242. The van der Waals surface area contributed by atoms with Gasteiger partial charge in [-0.3, -0.25) is 0 Å². The zero-order valence-electron chi connectivity index (χ0n) is 13.1. The van der Waals surface area contributed by atoms with Crippen LogP contribution in [-0.2, 0) is 11.2 Å². The van der Waals surface area contributed by atoms with Crippen LogP contribution in [0.2, 0.25) is 0 Å². The topological polar surface area (TPSA) is 55.1 Å². The molecule has 22 heavy (non-hydrogen) atoms. The van der Waals surface area contributed by atoms with Crippen molar-refractivity contribution < 1.29 is 19.0 Å². The van der Waals surface area contributed by atoms with Crippen LogP contribution in [0.3, 0.4) is 0 Å². The van der Waals surface area contributed by atoms with Crippen LogP contribution < -0.4 is 4.74 Å². The van der Waals surface area contributed by atoms with Gasteiger partial charge in [0, 0.05) is 24.0 Å². The smallest absolute Gasteiger partial charge is 0.134 e. The van der Waals surface area contributed by atoms with E-state index in [1.807, 2.05) is 30.1 Å². The molecule has 2 rings (SSSR count). The molecule has 124 valence electrons. The van der Waals surface area contributed by atoms with Gasteiger partial charge in [-0.1, -0.05) is 0 Å². The van der Waals surface area contributed by atoms with E-state index in [1.165, 1.54) is 0 Å². The summed E-state index contributed by atoms with van der Waals surface area (Å²) in [6.45, 7) is 2.95. The molecule has 0 aliphatic carbocycles. The number of nitrogens with zero attached hydrogens (tertiary/aromatic N) is 1. The molecule has 0 saturated heterocycles. The predicted molar refractivity (Wildman–Crippen MR) is 89.1 cm³/mol. The molecule has 0 aliphatic rings. The Labute approximate surface area is 137 Å². The monoisotopic (exact) mass is 329 g/mol. The lowest BCUT2D eigenvalue weighted by Gasteiger charge is -2.15. The molecular formula is C16H24ClNO4. The number of aliphatic hydroxyl groups excluding tert-OH is 1. The minimum absolute atomic E-state index is 0. The highest BCUT2D eigenvalue weighted by Gasteiger charge is 2.07. The quantitative estimate of drug-likeness (QED) is 0.716. The molecule has 5 nitrogen and oxygen atoms in total. The van der Waals surface area contributed by atoms with Gasteiger partial charge in [0.05, 0.1) is 33.2 Å². The maximum atomic E-state index is 8.81. The number of methoxy groups -OCH3 is 1. The minimum Gasteiger partial charge on any atom is -0.496 e. The summed E-state index contributed by atoms with van der Waals surface area (Å²) in [5, 5.41) is 9.85. The van der Waals surface area contributed by atoms with E-state index in [1.54, 1.807) is 13.4 Å². The molecule has 0 radical (unpaired) electrons. The second-order valence-corrected chi connectivity index (χ2v) is 5.01. The first-order valence-corrected chi connectivity index (χ1v) is 7.16. The molecule has 0 spiro atoms. The molecule has 0 bridgehead atoms. The summed E-state index contributed by atoms with van der Waals surface area (Å²) in [7, 11) is 3.64. The van der Waals surface area contributed by atoms with Gasteiger partial charge < -0.3 is 23.9 Å². The van der Waals surface area contributed by atoms with E-state index in [-0.39, 0.29) is 19.0 Å². The Bertz CT molecular complexity index is 558. The van der Waals surface area contributed by atoms with Gasteiger partial charge >= 0.3 is 0 Å². The molecule has 1 aromatic carbocycles. The van der Waals surface area contributed by atoms with Crippen molar-refractivity contribution in [2.75, 3.05) is 47.1 Å². The van der Waals surface area contributed by atoms with E-state index < -0.39 is 0 Å². The highest BCUT2D eigenvalue weighted by Crippen LogP contribution is 2.27. The number of halogens is 1. The number of rotatable bonds is 9. The summed E-state index contributed by atoms with van der Waals surface area (Å²) in [4.78, 5) is 2.04. The third-order valence-corrected chi connectivity index (χ3v) is 3.47. The van der Waals surface area contributed by atoms with Crippen molar-refractivity contribution in [2.24, 2.45) is 0 Å². The summed E-state index contributed by atoms with van der Waals surface area (Å²) in [5.74, 6) is 0.866. The van der Waals surface area contributed by atoms with E-state index in [0.717, 1.165) is 35.2 Å². The Kier molecular flexibility index (Phi) is 8.27. The lowest BCUT2D eigenvalue weighted by Crippen LogP contribution is -2.26. The zero-order valence-corrected chi connectivity index (χ0v) is 13.9. The number of fused-ring (bicyclic) bond motifs is 1. The summed E-state index contributed by atoms with van der Waals surface area (Å²) < 4.78 is 16.5. The number of ether oxygens (including phenoxy) is 2. The Morgan fingerprint density at radius 2 is 2.05 bits per heavy atom. The average molecular weight is 330 g/mol. The molecule has 1 N–H and O–H groups in total. The molecule has 0 fully saturated rings. The molecule has 0 aliphatic heterocycles. The zero-order chi connectivity index (χ0) is 15.1. The van der Waals surface area contributed by atoms with Gasteiger partial charge in [0.1, 0.15) is 11.3 Å². The first kappa shape index (κ1) is 18.8. The van der Waals surface area contributed by atoms with E-state index >= 15 is 0 Å². The normalized spacial score (nSPS) is 10.9. The van der Waals surface area contributed by atoms with E-state index in [0.29, 0.717) is 19.8 Å². The number of hydrogen-bond acceptors (Lipinski definition) is 5. The highest BCUT2D eigenvalue weighted by atomic mass is 35.5. The third kappa shape index (κ3) is 5.18. The van der Waals surface area contributed by atoms with Crippen LogP contribution >= 0.6 is 12.4 Å². The lowest BCUT2D eigenvalue weighted by atomic mass is 10.1. The van der Waals surface area contributed by atoms with Gasteiger partial charge in [-0.15, -0.1) is 12.4 Å². The number of hydrogen-bond donors (Lipinski definition) is 1. The van der Waals surface area contributed by atoms with Gasteiger partial charge in [0.15, 0.2) is 0 Å². The van der Waals surface area contributed by atoms with Crippen LogP contribution in [0.25, 0.3) is 11.0 Å². The fourth-order valence-electron chi connectivity index (χ4n) is 2.20. The molecule has 0 unspecified atom stereocenters. The van der Waals surface area contributed by atoms with Crippen LogP contribution in [0, 0.1) is 0 Å². The van der Waals surface area contributed by atoms with Crippen LogP contribution in [0.1, 0.15) is 5.56 Å².